The molecule has 0 saturated carbocycles. The number of rotatable bonds is 2. The molecule has 0 aromatic carbocycles. The van der Waals surface area contributed by atoms with Gasteiger partial charge in [-0.25, -0.2) is 4.79 Å². The lowest BCUT2D eigenvalue weighted by atomic mass is 9.90. The van der Waals surface area contributed by atoms with Crippen molar-refractivity contribution in [2.75, 3.05) is 13.1 Å². The molecule has 1 aliphatic heterocycles. The maximum Gasteiger partial charge on any atom is 0.410 e. The Labute approximate surface area is 108 Å². The van der Waals surface area contributed by atoms with Crippen molar-refractivity contribution in [1.29, 1.82) is 0 Å². The minimum Gasteiger partial charge on any atom is -0.444 e. The fourth-order valence-corrected chi connectivity index (χ4v) is 2.08. The summed E-state index contributed by atoms with van der Waals surface area (Å²) in [5.41, 5.74) is -0.525. The van der Waals surface area contributed by atoms with Gasteiger partial charge in [0.05, 0.1) is 6.10 Å². The van der Waals surface area contributed by atoms with Gasteiger partial charge in [-0.2, -0.15) is 0 Å². The molecule has 0 bridgehead atoms. The molecule has 0 radical (unpaired) electrons. The third-order valence-corrected chi connectivity index (χ3v) is 2.90. The summed E-state index contributed by atoms with van der Waals surface area (Å²) in [5, 5.41) is 9.82. The second-order valence-electron chi connectivity index (χ2n) is 5.95. The normalized spacial score (nSPS) is 24.8. The third-order valence-electron chi connectivity index (χ3n) is 2.90. The summed E-state index contributed by atoms with van der Waals surface area (Å²) in [7, 11) is 0. The van der Waals surface area contributed by atoms with E-state index < -0.39 is 11.7 Å². The van der Waals surface area contributed by atoms with Crippen LogP contribution in [0, 0.1) is 5.92 Å². The van der Waals surface area contributed by atoms with Gasteiger partial charge >= 0.3 is 6.09 Å². The van der Waals surface area contributed by atoms with Crippen LogP contribution in [0.25, 0.3) is 0 Å². The number of nitrogens with zero attached hydrogens (tertiary/aromatic N) is 1. The minimum atomic E-state index is -0.525. The Hall–Kier alpha value is -1.10. The van der Waals surface area contributed by atoms with Gasteiger partial charge in [-0.05, 0) is 34.1 Å². The standard InChI is InChI=1S/C13H23NO4/c1-9(15)7-10-8-14(6-5-11(10)16)12(17)18-13(2,3)4/h10-11,16H,5-8H2,1-4H3. The molecular weight excluding hydrogens is 234 g/mol. The van der Waals surface area contributed by atoms with E-state index in [9.17, 15) is 14.7 Å². The summed E-state index contributed by atoms with van der Waals surface area (Å²) in [6.45, 7) is 7.81. The molecule has 5 heteroatoms. The summed E-state index contributed by atoms with van der Waals surface area (Å²) in [6.07, 6.45) is -0.0759. The number of piperidine rings is 1. The third kappa shape index (κ3) is 4.64. The van der Waals surface area contributed by atoms with E-state index in [1.807, 2.05) is 20.8 Å². The predicted molar refractivity (Wildman–Crippen MR) is 67.2 cm³/mol. The van der Waals surface area contributed by atoms with Crippen molar-refractivity contribution in [1.82, 2.24) is 4.90 Å². The summed E-state index contributed by atoms with van der Waals surface area (Å²) in [5.74, 6) is -0.145. The van der Waals surface area contributed by atoms with E-state index in [1.54, 1.807) is 4.90 Å². The van der Waals surface area contributed by atoms with Crippen LogP contribution in [-0.2, 0) is 9.53 Å². The molecule has 0 aromatic rings. The molecule has 1 rings (SSSR count). The van der Waals surface area contributed by atoms with Gasteiger partial charge in [-0.3, -0.25) is 0 Å². The number of amides is 1. The highest BCUT2D eigenvalue weighted by Crippen LogP contribution is 2.22. The second-order valence-corrected chi connectivity index (χ2v) is 5.95. The van der Waals surface area contributed by atoms with E-state index in [1.165, 1.54) is 6.92 Å². The van der Waals surface area contributed by atoms with Crippen LogP contribution in [-0.4, -0.2) is 46.7 Å². The number of likely N-dealkylation sites (tertiary alicyclic amines) is 1. The molecule has 1 saturated heterocycles. The number of carbonyl (C=O) groups is 2. The smallest absolute Gasteiger partial charge is 0.410 e. The lowest BCUT2D eigenvalue weighted by Crippen LogP contribution is -2.48. The number of ether oxygens (including phenoxy) is 1. The number of aliphatic hydroxyl groups excluding tert-OH is 1. The molecule has 1 N–H and O–H groups in total. The lowest BCUT2D eigenvalue weighted by Gasteiger charge is -2.36. The molecule has 1 fully saturated rings. The highest BCUT2D eigenvalue weighted by atomic mass is 16.6. The second kappa shape index (κ2) is 5.69. The van der Waals surface area contributed by atoms with Gasteiger partial charge in [0, 0.05) is 25.4 Å². The highest BCUT2D eigenvalue weighted by Gasteiger charge is 2.32. The molecule has 1 amide bonds. The zero-order chi connectivity index (χ0) is 13.9. The molecular formula is C13H23NO4. The van der Waals surface area contributed by atoms with Crippen LogP contribution in [0.1, 0.15) is 40.5 Å². The monoisotopic (exact) mass is 257 g/mol. The van der Waals surface area contributed by atoms with Crippen LogP contribution in [0.3, 0.4) is 0 Å². The Morgan fingerprint density at radius 2 is 2.00 bits per heavy atom. The fourth-order valence-electron chi connectivity index (χ4n) is 2.08. The highest BCUT2D eigenvalue weighted by molar-refractivity contribution is 5.76. The van der Waals surface area contributed by atoms with Crippen molar-refractivity contribution < 1.29 is 19.4 Å². The first-order chi connectivity index (χ1) is 8.19. The van der Waals surface area contributed by atoms with Crippen molar-refractivity contribution in [2.45, 2.75) is 52.2 Å². The number of aliphatic hydroxyl groups is 1. The molecule has 0 aromatic heterocycles. The molecule has 0 spiro atoms. The van der Waals surface area contributed by atoms with Crippen molar-refractivity contribution in [3.05, 3.63) is 0 Å². The zero-order valence-corrected chi connectivity index (χ0v) is 11.6. The van der Waals surface area contributed by atoms with E-state index in [0.717, 1.165) is 0 Å². The topological polar surface area (TPSA) is 66.8 Å². The zero-order valence-electron chi connectivity index (χ0n) is 11.6. The first-order valence-corrected chi connectivity index (χ1v) is 6.34. The number of carbonyl (C=O) groups excluding carboxylic acids is 2. The van der Waals surface area contributed by atoms with Crippen molar-refractivity contribution >= 4 is 11.9 Å². The van der Waals surface area contributed by atoms with Crippen LogP contribution >= 0.6 is 0 Å². The number of hydrogen-bond donors (Lipinski definition) is 1. The number of ketones is 1. The van der Waals surface area contributed by atoms with Gasteiger partial charge in [0.25, 0.3) is 0 Å². The first kappa shape index (κ1) is 15.0. The van der Waals surface area contributed by atoms with E-state index in [2.05, 4.69) is 0 Å². The van der Waals surface area contributed by atoms with Gasteiger partial charge in [-0.15, -0.1) is 0 Å². The maximum absolute atomic E-state index is 11.9. The number of Topliss-reactive ketones (excluding diaryl/α,β-unsaturated/α-hetero) is 1. The van der Waals surface area contributed by atoms with Gasteiger partial charge in [-0.1, -0.05) is 0 Å². The summed E-state index contributed by atoms with van der Waals surface area (Å²) < 4.78 is 5.29. The van der Waals surface area contributed by atoms with E-state index in [4.69, 9.17) is 4.74 Å². The van der Waals surface area contributed by atoms with Gasteiger partial charge in [0.2, 0.25) is 0 Å². The largest absolute Gasteiger partial charge is 0.444 e. The minimum absolute atomic E-state index is 0.0325. The molecule has 18 heavy (non-hydrogen) atoms. The SMILES string of the molecule is CC(=O)CC1CN(C(=O)OC(C)(C)C)CCC1O. The summed E-state index contributed by atoms with van der Waals surface area (Å²) in [4.78, 5) is 24.6. The summed E-state index contributed by atoms with van der Waals surface area (Å²) in [6, 6.07) is 0. The van der Waals surface area contributed by atoms with Crippen LogP contribution in [0.2, 0.25) is 0 Å². The van der Waals surface area contributed by atoms with Crippen LogP contribution in [0.4, 0.5) is 4.79 Å². The van der Waals surface area contributed by atoms with E-state index in [-0.39, 0.29) is 17.8 Å². The quantitative estimate of drug-likeness (QED) is 0.815. The molecule has 1 aliphatic rings. The van der Waals surface area contributed by atoms with Gasteiger partial charge < -0.3 is 19.5 Å². The molecule has 0 aliphatic carbocycles. The molecule has 2 atom stereocenters. The van der Waals surface area contributed by atoms with Gasteiger partial charge in [0.15, 0.2) is 0 Å². The average molecular weight is 257 g/mol. The number of hydrogen-bond acceptors (Lipinski definition) is 4. The fraction of sp³-hybridized carbons (Fsp3) is 0.846. The average Bonchev–Trinajstić information content (AvgIpc) is 2.17. The Kier molecular flexibility index (Phi) is 4.73. The molecule has 5 nitrogen and oxygen atoms in total. The predicted octanol–water partition coefficient (Wildman–Crippen LogP) is 1.58. The van der Waals surface area contributed by atoms with Crippen LogP contribution in [0.15, 0.2) is 0 Å². The van der Waals surface area contributed by atoms with Crippen LogP contribution < -0.4 is 0 Å². The maximum atomic E-state index is 11.9. The Morgan fingerprint density at radius 3 is 2.50 bits per heavy atom. The van der Waals surface area contributed by atoms with Crippen LogP contribution in [0.5, 0.6) is 0 Å². The molecule has 2 unspecified atom stereocenters. The van der Waals surface area contributed by atoms with Crippen molar-refractivity contribution in [3.8, 4) is 0 Å². The Bertz CT molecular complexity index is 321. The Balaban J connectivity index is 2.58. The van der Waals surface area contributed by atoms with Gasteiger partial charge in [0.1, 0.15) is 11.4 Å². The molecule has 1 heterocycles. The van der Waals surface area contributed by atoms with E-state index in [0.29, 0.717) is 25.9 Å². The summed E-state index contributed by atoms with van der Waals surface area (Å²) >= 11 is 0. The molecule has 104 valence electrons. The Morgan fingerprint density at radius 1 is 1.39 bits per heavy atom. The van der Waals surface area contributed by atoms with Crippen molar-refractivity contribution in [3.63, 3.8) is 0 Å². The van der Waals surface area contributed by atoms with E-state index >= 15 is 0 Å². The van der Waals surface area contributed by atoms with Crippen molar-refractivity contribution in [2.24, 2.45) is 5.92 Å². The lowest BCUT2D eigenvalue weighted by molar-refractivity contribution is -0.119. The first-order valence-electron chi connectivity index (χ1n) is 6.34.